The SMILES string of the molecule is CCC(C)(CNC(=O)c1c(C)nc2c(OCc3c(F)cccc3F)nc(C)cn12)CC(=O)OCc1ccccc1. The van der Waals surface area contributed by atoms with Gasteiger partial charge in [-0.2, -0.15) is 0 Å². The van der Waals surface area contributed by atoms with Crippen LogP contribution < -0.4 is 10.1 Å². The van der Waals surface area contributed by atoms with E-state index in [4.69, 9.17) is 9.47 Å². The number of amides is 1. The lowest BCUT2D eigenvalue weighted by molar-refractivity contribution is -0.147. The molecule has 8 nitrogen and oxygen atoms in total. The molecular formula is C30H32F2N4O4. The Balaban J connectivity index is 1.46. The highest BCUT2D eigenvalue weighted by Crippen LogP contribution is 2.27. The van der Waals surface area contributed by atoms with Gasteiger partial charge in [-0.3, -0.25) is 14.0 Å². The molecule has 2 aromatic carbocycles. The average molecular weight is 551 g/mol. The molecule has 4 rings (SSSR count). The first-order chi connectivity index (χ1) is 19.1. The molecule has 0 aliphatic carbocycles. The first-order valence-corrected chi connectivity index (χ1v) is 13.0. The number of halogens is 2. The van der Waals surface area contributed by atoms with Gasteiger partial charge >= 0.3 is 5.97 Å². The summed E-state index contributed by atoms with van der Waals surface area (Å²) in [6.07, 6.45) is 2.41. The van der Waals surface area contributed by atoms with Gasteiger partial charge in [-0.25, -0.2) is 18.7 Å². The number of carbonyl (C=O) groups excluding carboxylic acids is 2. The minimum Gasteiger partial charge on any atom is -0.470 e. The van der Waals surface area contributed by atoms with Gasteiger partial charge < -0.3 is 14.8 Å². The van der Waals surface area contributed by atoms with Gasteiger partial charge in [-0.1, -0.05) is 50.2 Å². The van der Waals surface area contributed by atoms with E-state index >= 15 is 0 Å². The predicted molar refractivity (Wildman–Crippen MR) is 145 cm³/mol. The second kappa shape index (κ2) is 12.2. The number of imidazole rings is 1. The molecule has 0 bridgehead atoms. The van der Waals surface area contributed by atoms with Crippen LogP contribution in [0.5, 0.6) is 5.88 Å². The quantitative estimate of drug-likeness (QED) is 0.249. The van der Waals surface area contributed by atoms with Gasteiger partial charge in [0.05, 0.1) is 23.4 Å². The zero-order chi connectivity index (χ0) is 28.9. The van der Waals surface area contributed by atoms with E-state index < -0.39 is 23.7 Å². The van der Waals surface area contributed by atoms with Crippen molar-refractivity contribution in [3.63, 3.8) is 0 Å². The number of aromatic nitrogens is 3. The third-order valence-corrected chi connectivity index (χ3v) is 6.84. The molecule has 10 heteroatoms. The maximum absolute atomic E-state index is 14.1. The largest absolute Gasteiger partial charge is 0.470 e. The number of rotatable bonds is 11. The van der Waals surface area contributed by atoms with Crippen molar-refractivity contribution in [2.45, 2.75) is 53.8 Å². The number of benzene rings is 2. The van der Waals surface area contributed by atoms with Crippen LogP contribution in [0.3, 0.4) is 0 Å². The highest BCUT2D eigenvalue weighted by atomic mass is 19.1. The van der Waals surface area contributed by atoms with Crippen LogP contribution in [0.2, 0.25) is 0 Å². The van der Waals surface area contributed by atoms with Crippen molar-refractivity contribution in [3.8, 4) is 5.88 Å². The number of hydrogen-bond donors (Lipinski definition) is 1. The number of esters is 1. The molecule has 40 heavy (non-hydrogen) atoms. The topological polar surface area (TPSA) is 94.8 Å². The molecule has 0 aliphatic rings. The molecule has 1 unspecified atom stereocenters. The smallest absolute Gasteiger partial charge is 0.306 e. The van der Waals surface area contributed by atoms with Crippen molar-refractivity contribution in [2.24, 2.45) is 5.41 Å². The molecule has 0 radical (unpaired) electrons. The van der Waals surface area contributed by atoms with Crippen molar-refractivity contribution in [3.05, 3.63) is 94.6 Å². The number of nitrogens with one attached hydrogen (secondary N) is 1. The number of carbonyl (C=O) groups is 2. The van der Waals surface area contributed by atoms with E-state index in [1.807, 2.05) is 44.2 Å². The molecule has 2 aromatic heterocycles. The van der Waals surface area contributed by atoms with Crippen molar-refractivity contribution in [1.82, 2.24) is 19.7 Å². The Morgan fingerprint density at radius 1 is 1.00 bits per heavy atom. The van der Waals surface area contributed by atoms with Crippen molar-refractivity contribution in [1.29, 1.82) is 0 Å². The Hall–Kier alpha value is -4.34. The fraction of sp³-hybridized carbons (Fsp3) is 0.333. The summed E-state index contributed by atoms with van der Waals surface area (Å²) >= 11 is 0. The van der Waals surface area contributed by atoms with Crippen LogP contribution in [0.1, 0.15) is 59.7 Å². The minimum atomic E-state index is -0.730. The maximum atomic E-state index is 14.1. The van der Waals surface area contributed by atoms with E-state index in [9.17, 15) is 18.4 Å². The maximum Gasteiger partial charge on any atom is 0.306 e. The zero-order valence-electron chi connectivity index (χ0n) is 23.0. The molecule has 0 fully saturated rings. The highest BCUT2D eigenvalue weighted by Gasteiger charge is 2.29. The Kier molecular flexibility index (Phi) is 8.77. The summed E-state index contributed by atoms with van der Waals surface area (Å²) in [6.45, 7) is 7.28. The summed E-state index contributed by atoms with van der Waals surface area (Å²) in [5.74, 6) is -2.15. The average Bonchev–Trinajstić information content (AvgIpc) is 3.26. The number of nitrogens with zero attached hydrogens (tertiary/aromatic N) is 3. The number of ether oxygens (including phenoxy) is 2. The van der Waals surface area contributed by atoms with Crippen LogP contribution in [0.15, 0.2) is 54.7 Å². The van der Waals surface area contributed by atoms with Crippen LogP contribution in [0.4, 0.5) is 8.78 Å². The summed E-state index contributed by atoms with van der Waals surface area (Å²) in [5, 5.41) is 2.93. The minimum absolute atomic E-state index is 0.0457. The summed E-state index contributed by atoms with van der Waals surface area (Å²) in [5.41, 5.74) is 1.59. The number of fused-ring (bicyclic) bond motifs is 1. The predicted octanol–water partition coefficient (Wildman–Crippen LogP) is 5.48. The molecule has 1 N–H and O–H groups in total. The number of aryl methyl sites for hydroxylation is 2. The van der Waals surface area contributed by atoms with E-state index in [1.165, 1.54) is 6.07 Å². The van der Waals surface area contributed by atoms with Gasteiger partial charge in [0, 0.05) is 12.7 Å². The van der Waals surface area contributed by atoms with E-state index in [0.717, 1.165) is 17.7 Å². The van der Waals surface area contributed by atoms with Crippen LogP contribution in [-0.4, -0.2) is 32.8 Å². The summed E-state index contributed by atoms with van der Waals surface area (Å²) in [7, 11) is 0. The molecular weight excluding hydrogens is 518 g/mol. The van der Waals surface area contributed by atoms with E-state index in [0.29, 0.717) is 17.8 Å². The van der Waals surface area contributed by atoms with Gasteiger partial charge in [0.2, 0.25) is 5.65 Å². The van der Waals surface area contributed by atoms with Gasteiger partial charge in [-0.15, -0.1) is 0 Å². The normalized spacial score (nSPS) is 12.7. The van der Waals surface area contributed by atoms with Crippen LogP contribution >= 0.6 is 0 Å². The summed E-state index contributed by atoms with van der Waals surface area (Å²) < 4.78 is 40.8. The molecule has 0 aliphatic heterocycles. The van der Waals surface area contributed by atoms with E-state index in [-0.39, 0.29) is 54.2 Å². The Morgan fingerprint density at radius 3 is 2.38 bits per heavy atom. The van der Waals surface area contributed by atoms with Crippen molar-refractivity contribution in [2.75, 3.05) is 6.54 Å². The second-order valence-corrected chi connectivity index (χ2v) is 10.1. The zero-order valence-corrected chi connectivity index (χ0v) is 23.0. The summed E-state index contributed by atoms with van der Waals surface area (Å²) in [4.78, 5) is 34.7. The van der Waals surface area contributed by atoms with Crippen molar-refractivity contribution >= 4 is 17.5 Å². The lowest BCUT2D eigenvalue weighted by Gasteiger charge is -2.27. The van der Waals surface area contributed by atoms with Crippen molar-refractivity contribution < 1.29 is 27.8 Å². The first kappa shape index (κ1) is 28.7. The second-order valence-electron chi connectivity index (χ2n) is 10.1. The standard InChI is InChI=1S/C30H32F2N4O4/c1-5-30(4,14-25(37)39-16-21-10-7-6-8-11-21)18-33-28(38)26-20(3)35-27-29(34-19(2)15-36(26)27)40-17-22-23(31)12-9-13-24(22)32/h6-13,15H,5,14,16-18H2,1-4H3,(H,33,38). The lowest BCUT2D eigenvalue weighted by Crippen LogP contribution is -2.37. The van der Waals surface area contributed by atoms with Gasteiger partial charge in [0.25, 0.3) is 11.8 Å². The molecule has 210 valence electrons. The molecule has 0 spiro atoms. The fourth-order valence-electron chi connectivity index (χ4n) is 4.26. The molecule has 0 saturated heterocycles. The molecule has 2 heterocycles. The third kappa shape index (κ3) is 6.62. The summed E-state index contributed by atoms with van der Waals surface area (Å²) in [6, 6.07) is 13.0. The fourth-order valence-corrected chi connectivity index (χ4v) is 4.26. The van der Waals surface area contributed by atoms with Crippen LogP contribution in [0, 0.1) is 30.9 Å². The molecule has 0 saturated carbocycles. The third-order valence-electron chi connectivity index (χ3n) is 6.84. The van der Waals surface area contributed by atoms with Gasteiger partial charge in [0.1, 0.15) is 30.5 Å². The monoisotopic (exact) mass is 550 g/mol. The van der Waals surface area contributed by atoms with Crippen LogP contribution in [-0.2, 0) is 22.7 Å². The van der Waals surface area contributed by atoms with Crippen LogP contribution in [0.25, 0.3) is 5.65 Å². The molecule has 1 amide bonds. The Labute approximate surface area is 231 Å². The Bertz CT molecular complexity index is 1500. The van der Waals surface area contributed by atoms with E-state index in [1.54, 1.807) is 24.4 Å². The Morgan fingerprint density at radius 2 is 1.70 bits per heavy atom. The van der Waals surface area contributed by atoms with Gasteiger partial charge in [-0.05, 0) is 43.4 Å². The highest BCUT2D eigenvalue weighted by molar-refractivity contribution is 5.95. The molecule has 4 aromatic rings. The lowest BCUT2D eigenvalue weighted by atomic mass is 9.84. The first-order valence-electron chi connectivity index (χ1n) is 13.0. The van der Waals surface area contributed by atoms with Gasteiger partial charge in [0.15, 0.2) is 0 Å². The van der Waals surface area contributed by atoms with E-state index in [2.05, 4.69) is 15.3 Å². The molecule has 1 atom stereocenters. The number of hydrogen-bond acceptors (Lipinski definition) is 6.